The van der Waals surface area contributed by atoms with E-state index in [1.54, 1.807) is 12.1 Å². The van der Waals surface area contributed by atoms with Gasteiger partial charge >= 0.3 is 10.2 Å². The van der Waals surface area contributed by atoms with Crippen molar-refractivity contribution in [2.75, 3.05) is 24.7 Å². The number of hydrogen-bond acceptors (Lipinski definition) is 3. The van der Waals surface area contributed by atoms with E-state index in [4.69, 9.17) is 0 Å². The van der Waals surface area contributed by atoms with Gasteiger partial charge in [0.2, 0.25) is 0 Å². The van der Waals surface area contributed by atoms with Gasteiger partial charge in [0.25, 0.3) is 0 Å². The second-order valence-corrected chi connectivity index (χ2v) is 5.04. The van der Waals surface area contributed by atoms with E-state index in [-0.39, 0.29) is 6.42 Å². The molecule has 3 nitrogen and oxygen atoms in total. The first-order chi connectivity index (χ1) is 6.88. The summed E-state index contributed by atoms with van der Waals surface area (Å²) in [6.07, 6.45) is 0.215. The van der Waals surface area contributed by atoms with Crippen LogP contribution in [0.3, 0.4) is 0 Å². The minimum absolute atomic E-state index is 0.215. The molecule has 0 N–H and O–H groups in total. The van der Waals surface area contributed by atoms with Crippen LogP contribution in [-0.2, 0) is 16.6 Å². The van der Waals surface area contributed by atoms with Crippen molar-refractivity contribution >= 4 is 15.9 Å². The monoisotopic (exact) mass is 231 g/mol. The van der Waals surface area contributed by atoms with Crippen molar-refractivity contribution in [3.8, 4) is 0 Å². The highest BCUT2D eigenvalue weighted by Gasteiger charge is 2.07. The van der Waals surface area contributed by atoms with E-state index in [1.165, 1.54) is 0 Å². The van der Waals surface area contributed by atoms with Crippen molar-refractivity contribution in [1.82, 2.24) is 0 Å². The van der Waals surface area contributed by atoms with Gasteiger partial charge in [-0.15, -0.1) is 3.89 Å². The largest absolute Gasteiger partial charge is 0.378 e. The zero-order valence-electron chi connectivity index (χ0n) is 8.77. The standard InChI is InChI=1S/C10H14FNO2S/c1-12(2)10-5-3-9(4-6-10)7-8-15(11,13)14/h3-6H,7-8H2,1-2H3. The second-order valence-electron chi connectivity index (χ2n) is 3.55. The summed E-state index contributed by atoms with van der Waals surface area (Å²) in [7, 11) is -0.524. The summed E-state index contributed by atoms with van der Waals surface area (Å²) < 4.78 is 32.9. The van der Waals surface area contributed by atoms with Crippen molar-refractivity contribution in [2.24, 2.45) is 0 Å². The van der Waals surface area contributed by atoms with Crippen molar-refractivity contribution in [3.63, 3.8) is 0 Å². The third-order valence-corrected chi connectivity index (χ3v) is 2.78. The summed E-state index contributed by atoms with van der Waals surface area (Å²) in [5.41, 5.74) is 1.85. The predicted molar refractivity (Wildman–Crippen MR) is 59.4 cm³/mol. The molecule has 0 aliphatic rings. The molecule has 0 radical (unpaired) electrons. The van der Waals surface area contributed by atoms with Crippen LogP contribution in [0.4, 0.5) is 9.57 Å². The Hall–Kier alpha value is -1.10. The molecule has 0 aliphatic heterocycles. The van der Waals surface area contributed by atoms with E-state index < -0.39 is 16.0 Å². The van der Waals surface area contributed by atoms with Crippen molar-refractivity contribution in [1.29, 1.82) is 0 Å². The maximum absolute atomic E-state index is 12.2. The Kier molecular flexibility index (Phi) is 3.68. The van der Waals surface area contributed by atoms with Crippen molar-refractivity contribution < 1.29 is 12.3 Å². The normalized spacial score (nSPS) is 11.4. The Morgan fingerprint density at radius 3 is 2.13 bits per heavy atom. The number of nitrogens with zero attached hydrogens (tertiary/aromatic N) is 1. The van der Waals surface area contributed by atoms with Gasteiger partial charge in [0, 0.05) is 19.8 Å². The summed E-state index contributed by atoms with van der Waals surface area (Å²) >= 11 is 0. The number of benzene rings is 1. The van der Waals surface area contributed by atoms with Gasteiger partial charge in [-0.3, -0.25) is 0 Å². The summed E-state index contributed by atoms with van der Waals surface area (Å²) in [6, 6.07) is 7.36. The van der Waals surface area contributed by atoms with Crippen molar-refractivity contribution in [2.45, 2.75) is 6.42 Å². The molecule has 1 aromatic carbocycles. The molecule has 0 fully saturated rings. The molecule has 0 saturated carbocycles. The molecule has 0 unspecified atom stereocenters. The minimum atomic E-state index is -4.36. The van der Waals surface area contributed by atoms with Gasteiger partial charge in [0.05, 0.1) is 5.75 Å². The van der Waals surface area contributed by atoms with Crippen molar-refractivity contribution in [3.05, 3.63) is 29.8 Å². The lowest BCUT2D eigenvalue weighted by atomic mass is 10.1. The first-order valence-corrected chi connectivity index (χ1v) is 6.12. The first kappa shape index (κ1) is 12.0. The highest BCUT2D eigenvalue weighted by atomic mass is 32.3. The molecule has 0 aliphatic carbocycles. The van der Waals surface area contributed by atoms with E-state index in [2.05, 4.69) is 0 Å². The van der Waals surface area contributed by atoms with Gasteiger partial charge in [-0.1, -0.05) is 12.1 Å². The Morgan fingerprint density at radius 1 is 1.20 bits per heavy atom. The van der Waals surface area contributed by atoms with Gasteiger partial charge < -0.3 is 4.90 Å². The Bertz CT molecular complexity index is 412. The van der Waals surface area contributed by atoms with E-state index in [1.807, 2.05) is 31.1 Å². The summed E-state index contributed by atoms with van der Waals surface area (Å²) in [4.78, 5) is 1.94. The zero-order valence-corrected chi connectivity index (χ0v) is 9.59. The van der Waals surface area contributed by atoms with Gasteiger partial charge in [-0.25, -0.2) is 0 Å². The Morgan fingerprint density at radius 2 is 1.73 bits per heavy atom. The van der Waals surface area contributed by atoms with E-state index in [9.17, 15) is 12.3 Å². The molecular weight excluding hydrogens is 217 g/mol. The van der Waals surface area contributed by atoms with E-state index >= 15 is 0 Å². The topological polar surface area (TPSA) is 37.4 Å². The number of hydrogen-bond donors (Lipinski definition) is 0. The highest BCUT2D eigenvalue weighted by Crippen LogP contribution is 2.13. The lowest BCUT2D eigenvalue weighted by Gasteiger charge is -2.12. The molecule has 15 heavy (non-hydrogen) atoms. The summed E-state index contributed by atoms with van der Waals surface area (Å²) in [6.45, 7) is 0. The van der Waals surface area contributed by atoms with Gasteiger partial charge in [0.1, 0.15) is 0 Å². The Balaban J connectivity index is 2.65. The zero-order chi connectivity index (χ0) is 11.5. The molecule has 0 atom stereocenters. The Labute approximate surface area is 89.7 Å². The fourth-order valence-electron chi connectivity index (χ4n) is 1.20. The van der Waals surface area contributed by atoms with Crippen LogP contribution in [0.25, 0.3) is 0 Å². The van der Waals surface area contributed by atoms with E-state index in [0.717, 1.165) is 11.3 Å². The fraction of sp³-hybridized carbons (Fsp3) is 0.400. The van der Waals surface area contributed by atoms with Crippen LogP contribution in [0.2, 0.25) is 0 Å². The lowest BCUT2D eigenvalue weighted by Crippen LogP contribution is -2.08. The highest BCUT2D eigenvalue weighted by molar-refractivity contribution is 7.86. The maximum Gasteiger partial charge on any atom is 0.302 e. The summed E-state index contributed by atoms with van der Waals surface area (Å²) in [5, 5.41) is 0. The van der Waals surface area contributed by atoms with Crippen LogP contribution in [0, 0.1) is 0 Å². The molecule has 5 heteroatoms. The van der Waals surface area contributed by atoms with E-state index in [0.29, 0.717) is 0 Å². The SMILES string of the molecule is CN(C)c1ccc(CCS(=O)(=O)F)cc1. The third kappa shape index (κ3) is 4.29. The number of halogens is 1. The molecular formula is C10H14FNO2S. The van der Waals surface area contributed by atoms with Crippen LogP contribution in [0.5, 0.6) is 0 Å². The van der Waals surface area contributed by atoms with Crippen LogP contribution in [-0.4, -0.2) is 28.3 Å². The lowest BCUT2D eigenvalue weighted by molar-refractivity contribution is 0.551. The minimum Gasteiger partial charge on any atom is -0.378 e. The molecule has 0 aromatic heterocycles. The van der Waals surface area contributed by atoms with Crippen LogP contribution < -0.4 is 4.90 Å². The van der Waals surface area contributed by atoms with Gasteiger partial charge in [0.15, 0.2) is 0 Å². The quantitative estimate of drug-likeness (QED) is 0.738. The maximum atomic E-state index is 12.2. The number of aryl methyl sites for hydroxylation is 1. The third-order valence-electron chi connectivity index (χ3n) is 2.09. The summed E-state index contributed by atoms with van der Waals surface area (Å²) in [5.74, 6) is -0.450. The number of anilines is 1. The smallest absolute Gasteiger partial charge is 0.302 e. The molecule has 84 valence electrons. The van der Waals surface area contributed by atoms with Gasteiger partial charge in [-0.05, 0) is 24.1 Å². The average molecular weight is 231 g/mol. The first-order valence-electron chi connectivity index (χ1n) is 4.57. The molecule has 0 heterocycles. The van der Waals surface area contributed by atoms with Crippen LogP contribution >= 0.6 is 0 Å². The average Bonchev–Trinajstić information content (AvgIpc) is 2.14. The van der Waals surface area contributed by atoms with Gasteiger partial charge in [-0.2, -0.15) is 8.42 Å². The molecule has 0 spiro atoms. The second kappa shape index (κ2) is 4.61. The predicted octanol–water partition coefficient (Wildman–Crippen LogP) is 1.59. The van der Waals surface area contributed by atoms with Crippen LogP contribution in [0.1, 0.15) is 5.56 Å². The number of rotatable bonds is 4. The van der Waals surface area contributed by atoms with Crippen LogP contribution in [0.15, 0.2) is 24.3 Å². The molecule has 0 saturated heterocycles. The molecule has 1 rings (SSSR count). The molecule has 1 aromatic rings. The molecule has 0 amide bonds. The molecule has 0 bridgehead atoms. The fourth-order valence-corrected chi connectivity index (χ4v) is 1.68.